The fourth-order valence-corrected chi connectivity index (χ4v) is 3.76. The molecule has 0 fully saturated rings. The minimum Gasteiger partial charge on any atom is -0.385 e. The Balaban J connectivity index is 2.52. The zero-order valence-electron chi connectivity index (χ0n) is 13.2. The van der Waals surface area contributed by atoms with E-state index in [0.29, 0.717) is 17.9 Å². The van der Waals surface area contributed by atoms with E-state index >= 15 is 0 Å². The number of hydrogen-bond donors (Lipinski definition) is 1. The summed E-state index contributed by atoms with van der Waals surface area (Å²) < 4.78 is 7.34. The van der Waals surface area contributed by atoms with Gasteiger partial charge in [-0.05, 0) is 43.5 Å². The predicted molar refractivity (Wildman–Crippen MR) is 91.0 cm³/mol. The molecule has 116 valence electrons. The normalized spacial score (nSPS) is 12.2. The average Bonchev–Trinajstić information content (AvgIpc) is 2.68. The molecule has 0 atom stereocenters. The highest BCUT2D eigenvalue weighted by molar-refractivity contribution is 7.71. The van der Waals surface area contributed by atoms with Gasteiger partial charge in [0.1, 0.15) is 4.83 Å². The number of hydrogen-bond acceptors (Lipinski definition) is 4. The van der Waals surface area contributed by atoms with Crippen LogP contribution in [0.15, 0.2) is 4.79 Å². The maximum absolute atomic E-state index is 12.8. The maximum Gasteiger partial charge on any atom is 0.263 e. The number of methoxy groups -OCH3 is 1. The van der Waals surface area contributed by atoms with Crippen LogP contribution in [0.5, 0.6) is 0 Å². The van der Waals surface area contributed by atoms with Crippen molar-refractivity contribution >= 4 is 33.8 Å². The Kier molecular flexibility index (Phi) is 4.70. The van der Waals surface area contributed by atoms with E-state index in [0.717, 1.165) is 27.1 Å². The lowest BCUT2D eigenvalue weighted by Gasteiger charge is -2.25. The smallest absolute Gasteiger partial charge is 0.263 e. The molecule has 0 spiro atoms. The number of thiophene rings is 1. The van der Waals surface area contributed by atoms with Crippen molar-refractivity contribution in [3.05, 3.63) is 25.6 Å². The zero-order valence-corrected chi connectivity index (χ0v) is 14.8. The van der Waals surface area contributed by atoms with Gasteiger partial charge in [0.25, 0.3) is 5.56 Å². The molecule has 0 saturated carbocycles. The summed E-state index contributed by atoms with van der Waals surface area (Å²) in [5.41, 5.74) is 1.02. The first-order valence-electron chi connectivity index (χ1n) is 6.98. The number of H-pyrrole nitrogens is 1. The highest BCUT2D eigenvalue weighted by Crippen LogP contribution is 2.27. The third kappa shape index (κ3) is 3.27. The molecule has 2 heterocycles. The van der Waals surface area contributed by atoms with Crippen LogP contribution in [0.25, 0.3) is 10.2 Å². The van der Waals surface area contributed by atoms with E-state index in [-0.39, 0.29) is 11.0 Å². The highest BCUT2D eigenvalue weighted by atomic mass is 32.1. The molecule has 2 aromatic heterocycles. The molecule has 0 bridgehead atoms. The number of aromatic amines is 1. The van der Waals surface area contributed by atoms with Crippen LogP contribution in [0.4, 0.5) is 0 Å². The second-order valence-electron chi connectivity index (χ2n) is 6.22. The van der Waals surface area contributed by atoms with Crippen molar-refractivity contribution in [2.45, 2.75) is 40.7 Å². The molecule has 0 radical (unpaired) electrons. The lowest BCUT2D eigenvalue weighted by atomic mass is 9.89. The summed E-state index contributed by atoms with van der Waals surface area (Å²) in [5, 5.41) is 0.772. The van der Waals surface area contributed by atoms with Gasteiger partial charge >= 0.3 is 0 Å². The lowest BCUT2D eigenvalue weighted by Crippen LogP contribution is -2.30. The summed E-state index contributed by atoms with van der Waals surface area (Å²) in [6.07, 6.45) is 0.879. The SMILES string of the molecule is COCCC(C)(C)Cn1c(=S)[nH]c2sc(C)c(C)c2c1=O. The van der Waals surface area contributed by atoms with Gasteiger partial charge in [-0.3, -0.25) is 9.36 Å². The summed E-state index contributed by atoms with van der Waals surface area (Å²) in [6, 6.07) is 0. The van der Waals surface area contributed by atoms with Crippen molar-refractivity contribution in [3.63, 3.8) is 0 Å². The second-order valence-corrected chi connectivity index (χ2v) is 7.83. The third-order valence-corrected chi connectivity index (χ3v) is 5.32. The van der Waals surface area contributed by atoms with Crippen LogP contribution in [0.2, 0.25) is 0 Å². The molecule has 0 amide bonds. The first-order valence-corrected chi connectivity index (χ1v) is 8.21. The summed E-state index contributed by atoms with van der Waals surface area (Å²) in [5.74, 6) is 0. The van der Waals surface area contributed by atoms with Crippen LogP contribution in [-0.2, 0) is 11.3 Å². The summed E-state index contributed by atoms with van der Waals surface area (Å²) in [7, 11) is 1.69. The predicted octanol–water partition coefficient (Wildman–Crippen LogP) is 3.80. The van der Waals surface area contributed by atoms with Crippen molar-refractivity contribution in [3.8, 4) is 0 Å². The number of rotatable bonds is 5. The minimum absolute atomic E-state index is 0.0149. The summed E-state index contributed by atoms with van der Waals surface area (Å²) >= 11 is 6.97. The second kappa shape index (κ2) is 6.02. The third-order valence-electron chi connectivity index (χ3n) is 3.88. The van der Waals surface area contributed by atoms with Gasteiger partial charge in [0, 0.05) is 25.1 Å². The van der Waals surface area contributed by atoms with E-state index in [1.165, 1.54) is 0 Å². The Labute approximate surface area is 133 Å². The van der Waals surface area contributed by atoms with Crippen LogP contribution in [0, 0.1) is 24.0 Å². The molecule has 1 N–H and O–H groups in total. The Morgan fingerprint density at radius 2 is 2.05 bits per heavy atom. The molecule has 2 rings (SSSR count). The average molecular weight is 326 g/mol. The van der Waals surface area contributed by atoms with Crippen LogP contribution in [0.3, 0.4) is 0 Å². The van der Waals surface area contributed by atoms with Gasteiger partial charge in [0.15, 0.2) is 4.77 Å². The Morgan fingerprint density at radius 3 is 2.67 bits per heavy atom. The number of nitrogens with zero attached hydrogens (tertiary/aromatic N) is 1. The number of fused-ring (bicyclic) bond motifs is 1. The molecule has 0 aromatic carbocycles. The molecular formula is C15H22N2O2S2. The van der Waals surface area contributed by atoms with E-state index in [2.05, 4.69) is 18.8 Å². The van der Waals surface area contributed by atoms with Gasteiger partial charge in [-0.1, -0.05) is 13.8 Å². The van der Waals surface area contributed by atoms with Gasteiger partial charge in [-0.15, -0.1) is 11.3 Å². The van der Waals surface area contributed by atoms with Crippen molar-refractivity contribution in [1.29, 1.82) is 0 Å². The molecule has 0 unspecified atom stereocenters. The fourth-order valence-electron chi connectivity index (χ4n) is 2.39. The van der Waals surface area contributed by atoms with Gasteiger partial charge < -0.3 is 9.72 Å². The van der Waals surface area contributed by atoms with Crippen LogP contribution < -0.4 is 5.56 Å². The topological polar surface area (TPSA) is 47.0 Å². The lowest BCUT2D eigenvalue weighted by molar-refractivity contribution is 0.141. The van der Waals surface area contributed by atoms with Gasteiger partial charge in [0.2, 0.25) is 0 Å². The Hall–Kier alpha value is -0.980. The largest absolute Gasteiger partial charge is 0.385 e. The molecule has 0 aliphatic rings. The van der Waals surface area contributed by atoms with E-state index in [1.54, 1.807) is 23.0 Å². The summed E-state index contributed by atoms with van der Waals surface area (Å²) in [4.78, 5) is 18.0. The molecule has 6 heteroatoms. The minimum atomic E-state index is -0.0477. The maximum atomic E-state index is 12.8. The van der Waals surface area contributed by atoms with Crippen molar-refractivity contribution in [1.82, 2.24) is 9.55 Å². The van der Waals surface area contributed by atoms with E-state index < -0.39 is 0 Å². The molecule has 4 nitrogen and oxygen atoms in total. The quantitative estimate of drug-likeness (QED) is 0.850. The molecule has 2 aromatic rings. The van der Waals surface area contributed by atoms with Gasteiger partial charge in [0.05, 0.1) is 5.39 Å². The van der Waals surface area contributed by atoms with Gasteiger partial charge in [-0.25, -0.2) is 0 Å². The molecular weight excluding hydrogens is 304 g/mol. The van der Waals surface area contributed by atoms with Gasteiger partial charge in [-0.2, -0.15) is 0 Å². The van der Waals surface area contributed by atoms with E-state index in [9.17, 15) is 4.79 Å². The highest BCUT2D eigenvalue weighted by Gasteiger charge is 2.21. The molecule has 0 saturated heterocycles. The Morgan fingerprint density at radius 1 is 1.38 bits per heavy atom. The molecule has 0 aliphatic heterocycles. The standard InChI is InChI=1S/C15H22N2O2S2/c1-9-10(2)21-12-11(9)13(18)17(14(20)16-12)8-15(3,4)6-7-19-5/h6-8H2,1-5H3,(H,16,20). The van der Waals surface area contributed by atoms with E-state index in [1.807, 2.05) is 13.8 Å². The van der Waals surface area contributed by atoms with Crippen LogP contribution in [0.1, 0.15) is 30.7 Å². The first kappa shape index (κ1) is 16.4. The fraction of sp³-hybridized carbons (Fsp3) is 0.600. The van der Waals surface area contributed by atoms with Crippen LogP contribution >= 0.6 is 23.6 Å². The van der Waals surface area contributed by atoms with E-state index in [4.69, 9.17) is 17.0 Å². The number of ether oxygens (including phenoxy) is 1. The molecule has 0 aliphatic carbocycles. The Bertz CT molecular complexity index is 768. The zero-order chi connectivity index (χ0) is 15.8. The monoisotopic (exact) mass is 326 g/mol. The number of aromatic nitrogens is 2. The van der Waals surface area contributed by atoms with Crippen molar-refractivity contribution in [2.24, 2.45) is 5.41 Å². The van der Waals surface area contributed by atoms with Crippen LogP contribution in [-0.4, -0.2) is 23.3 Å². The van der Waals surface area contributed by atoms with Crippen molar-refractivity contribution < 1.29 is 4.74 Å². The molecule has 21 heavy (non-hydrogen) atoms. The van der Waals surface area contributed by atoms with Crippen molar-refractivity contribution in [2.75, 3.05) is 13.7 Å². The number of aryl methyl sites for hydroxylation is 2. The summed E-state index contributed by atoms with van der Waals surface area (Å²) in [6.45, 7) is 9.55. The first-order chi connectivity index (χ1) is 9.76. The number of nitrogens with one attached hydrogen (secondary N) is 1.